The van der Waals surface area contributed by atoms with E-state index in [1.54, 1.807) is 6.07 Å². The molecule has 2 N–H and O–H groups in total. The Kier molecular flexibility index (Phi) is 3.24. The van der Waals surface area contributed by atoms with Gasteiger partial charge >= 0.3 is 0 Å². The number of halogens is 1. The average Bonchev–Trinajstić information content (AvgIpc) is 2.29. The van der Waals surface area contributed by atoms with Crippen LogP contribution in [0.5, 0.6) is 0 Å². The first kappa shape index (κ1) is 12.4. The van der Waals surface area contributed by atoms with Crippen LogP contribution < -0.4 is 5.73 Å². The monoisotopic (exact) mass is 267 g/mol. The number of rotatable bonds is 3. The summed E-state index contributed by atoms with van der Waals surface area (Å²) in [6.45, 7) is 0. The quantitative estimate of drug-likeness (QED) is 0.666. The number of nitrogens with zero attached hydrogens (tertiary/aromatic N) is 2. The summed E-state index contributed by atoms with van der Waals surface area (Å²) >= 11 is 0. The van der Waals surface area contributed by atoms with Crippen LogP contribution in [0.3, 0.4) is 0 Å². The Morgan fingerprint density at radius 3 is 2.50 bits per heavy atom. The van der Waals surface area contributed by atoms with Crippen molar-refractivity contribution >= 4 is 15.5 Å². The topological polar surface area (TPSA) is 85.9 Å². The Labute approximate surface area is 103 Å². The van der Waals surface area contributed by atoms with E-state index in [9.17, 15) is 12.8 Å². The average molecular weight is 267 g/mol. The molecule has 0 amide bonds. The van der Waals surface area contributed by atoms with Gasteiger partial charge in [-0.1, -0.05) is 0 Å². The molecule has 18 heavy (non-hydrogen) atoms. The second-order valence-corrected chi connectivity index (χ2v) is 5.56. The number of nitrogen functional groups attached to an aromatic ring is 1. The van der Waals surface area contributed by atoms with Crippen molar-refractivity contribution in [1.29, 1.82) is 0 Å². The third-order valence-corrected chi connectivity index (χ3v) is 3.93. The number of aromatic nitrogens is 2. The van der Waals surface area contributed by atoms with E-state index in [-0.39, 0.29) is 22.2 Å². The minimum absolute atomic E-state index is 0.114. The molecule has 0 aliphatic carbocycles. The fourth-order valence-corrected chi connectivity index (χ4v) is 2.79. The fraction of sp³-hybridized carbons (Fsp3) is 0.0909. The van der Waals surface area contributed by atoms with Crippen molar-refractivity contribution in [3.8, 4) is 0 Å². The second kappa shape index (κ2) is 4.69. The Morgan fingerprint density at radius 1 is 1.22 bits per heavy atom. The molecule has 0 unspecified atom stereocenters. The zero-order valence-electron chi connectivity index (χ0n) is 9.25. The Balaban J connectivity index is 2.37. The van der Waals surface area contributed by atoms with E-state index in [2.05, 4.69) is 9.97 Å². The van der Waals surface area contributed by atoms with E-state index in [1.165, 1.54) is 12.4 Å². The number of hydrogen-bond donors (Lipinski definition) is 1. The van der Waals surface area contributed by atoms with Crippen LogP contribution in [0.1, 0.15) is 5.82 Å². The zero-order chi connectivity index (χ0) is 13.2. The third kappa shape index (κ3) is 2.62. The molecule has 0 spiro atoms. The maximum atomic E-state index is 12.9. The van der Waals surface area contributed by atoms with E-state index in [4.69, 9.17) is 5.73 Å². The van der Waals surface area contributed by atoms with Crippen molar-refractivity contribution in [2.75, 3.05) is 5.73 Å². The predicted molar refractivity (Wildman–Crippen MR) is 63.7 cm³/mol. The number of sulfone groups is 1. The zero-order valence-corrected chi connectivity index (χ0v) is 10.1. The van der Waals surface area contributed by atoms with Crippen molar-refractivity contribution < 1.29 is 12.8 Å². The molecule has 0 atom stereocenters. The Hall–Kier alpha value is -2.02. The van der Waals surface area contributed by atoms with Crippen molar-refractivity contribution in [1.82, 2.24) is 9.97 Å². The van der Waals surface area contributed by atoms with E-state index in [0.29, 0.717) is 0 Å². The lowest BCUT2D eigenvalue weighted by atomic mass is 10.3. The molecule has 94 valence electrons. The van der Waals surface area contributed by atoms with E-state index in [0.717, 1.165) is 18.2 Å². The van der Waals surface area contributed by atoms with Crippen LogP contribution in [0.15, 0.2) is 41.6 Å². The highest BCUT2D eigenvalue weighted by Crippen LogP contribution is 2.22. The lowest BCUT2D eigenvalue weighted by Gasteiger charge is -2.06. The molecule has 0 aliphatic rings. The largest absolute Gasteiger partial charge is 0.398 e. The molecule has 1 heterocycles. The molecule has 0 bridgehead atoms. The fourth-order valence-electron chi connectivity index (χ4n) is 1.45. The van der Waals surface area contributed by atoms with Gasteiger partial charge in [-0.05, 0) is 24.3 Å². The van der Waals surface area contributed by atoms with Crippen molar-refractivity contribution in [3.05, 3.63) is 48.3 Å². The van der Waals surface area contributed by atoms with Crippen molar-refractivity contribution in [2.24, 2.45) is 0 Å². The predicted octanol–water partition coefficient (Wildman–Crippen LogP) is 1.17. The molecule has 0 radical (unpaired) electrons. The summed E-state index contributed by atoms with van der Waals surface area (Å²) < 4.78 is 37.0. The first-order chi connectivity index (χ1) is 8.49. The third-order valence-electron chi connectivity index (χ3n) is 2.25. The summed E-state index contributed by atoms with van der Waals surface area (Å²) in [5.74, 6) is -0.785. The molecule has 0 aliphatic heterocycles. The Bertz CT molecular complexity index is 659. The van der Waals surface area contributed by atoms with Crippen LogP contribution in [-0.4, -0.2) is 18.4 Å². The van der Waals surface area contributed by atoms with Crippen LogP contribution in [0, 0.1) is 5.82 Å². The molecule has 1 aromatic heterocycles. The van der Waals surface area contributed by atoms with E-state index < -0.39 is 15.7 Å². The van der Waals surface area contributed by atoms with Gasteiger partial charge in [0.15, 0.2) is 9.84 Å². The summed E-state index contributed by atoms with van der Waals surface area (Å²) in [7, 11) is -3.68. The van der Waals surface area contributed by atoms with Crippen molar-refractivity contribution in [2.45, 2.75) is 10.6 Å². The van der Waals surface area contributed by atoms with Crippen molar-refractivity contribution in [3.63, 3.8) is 0 Å². The first-order valence-electron chi connectivity index (χ1n) is 5.03. The summed E-state index contributed by atoms with van der Waals surface area (Å²) in [5, 5.41) is 0. The molecule has 2 rings (SSSR count). The highest BCUT2D eigenvalue weighted by atomic mass is 32.2. The van der Waals surface area contributed by atoms with Gasteiger partial charge in [0.05, 0.1) is 10.6 Å². The molecule has 0 saturated carbocycles. The van der Waals surface area contributed by atoms with Gasteiger partial charge in [-0.25, -0.2) is 22.8 Å². The van der Waals surface area contributed by atoms with Gasteiger partial charge in [0.2, 0.25) is 0 Å². The molecule has 0 fully saturated rings. The number of anilines is 1. The SMILES string of the molecule is Nc1cc(F)ccc1S(=O)(=O)Cc1ncccn1. The second-order valence-electron chi connectivity index (χ2n) is 3.61. The van der Waals surface area contributed by atoms with Gasteiger partial charge in [-0.15, -0.1) is 0 Å². The number of benzene rings is 1. The highest BCUT2D eigenvalue weighted by Gasteiger charge is 2.20. The van der Waals surface area contributed by atoms with Crippen LogP contribution in [0.25, 0.3) is 0 Å². The lowest BCUT2D eigenvalue weighted by Crippen LogP contribution is -2.10. The van der Waals surface area contributed by atoms with Crippen LogP contribution in [0.2, 0.25) is 0 Å². The molecule has 5 nitrogen and oxygen atoms in total. The summed E-state index contributed by atoms with van der Waals surface area (Å²) in [5.41, 5.74) is 5.38. The molecule has 2 aromatic rings. The van der Waals surface area contributed by atoms with Crippen LogP contribution in [-0.2, 0) is 15.6 Å². The smallest absolute Gasteiger partial charge is 0.187 e. The minimum atomic E-state index is -3.68. The standard InChI is InChI=1S/C11H10FN3O2S/c12-8-2-3-10(9(13)6-8)18(16,17)7-11-14-4-1-5-15-11/h1-6H,7,13H2. The normalized spacial score (nSPS) is 11.4. The molecule has 7 heteroatoms. The maximum absolute atomic E-state index is 12.9. The van der Waals surface area contributed by atoms with Gasteiger partial charge < -0.3 is 5.73 Å². The van der Waals surface area contributed by atoms with Crippen LogP contribution in [0.4, 0.5) is 10.1 Å². The summed E-state index contributed by atoms with van der Waals surface area (Å²) in [6, 6.07) is 4.75. The van der Waals surface area contributed by atoms with E-state index in [1.807, 2.05) is 0 Å². The molecule has 0 saturated heterocycles. The molecular weight excluding hydrogens is 257 g/mol. The van der Waals surface area contributed by atoms with Gasteiger partial charge in [-0.2, -0.15) is 0 Å². The van der Waals surface area contributed by atoms with Gasteiger partial charge in [0.1, 0.15) is 17.4 Å². The summed E-state index contributed by atoms with van der Waals surface area (Å²) in [4.78, 5) is 7.55. The molecular formula is C11H10FN3O2S. The Morgan fingerprint density at radius 2 is 1.89 bits per heavy atom. The highest BCUT2D eigenvalue weighted by molar-refractivity contribution is 7.90. The summed E-state index contributed by atoms with van der Waals surface area (Å²) in [6.07, 6.45) is 2.90. The van der Waals surface area contributed by atoms with Gasteiger partial charge in [-0.3, -0.25) is 0 Å². The van der Waals surface area contributed by atoms with E-state index >= 15 is 0 Å². The lowest BCUT2D eigenvalue weighted by molar-refractivity contribution is 0.593. The minimum Gasteiger partial charge on any atom is -0.398 e. The number of nitrogens with two attached hydrogens (primary N) is 1. The first-order valence-corrected chi connectivity index (χ1v) is 6.68. The maximum Gasteiger partial charge on any atom is 0.187 e. The van der Waals surface area contributed by atoms with Crippen LogP contribution >= 0.6 is 0 Å². The van der Waals surface area contributed by atoms with Gasteiger partial charge in [0.25, 0.3) is 0 Å². The van der Waals surface area contributed by atoms with Gasteiger partial charge in [0, 0.05) is 12.4 Å². The molecule has 1 aromatic carbocycles. The number of hydrogen-bond acceptors (Lipinski definition) is 5.